The second kappa shape index (κ2) is 11.0. The van der Waals surface area contributed by atoms with Gasteiger partial charge in [-0.1, -0.05) is 36.4 Å². The number of rotatable bonds is 6. The molecule has 0 aliphatic rings. The molecule has 2 N–H and O–H groups in total. The van der Waals surface area contributed by atoms with E-state index in [0.29, 0.717) is 19.0 Å². The van der Waals surface area contributed by atoms with Crippen molar-refractivity contribution < 1.29 is 4.39 Å². The van der Waals surface area contributed by atoms with Crippen molar-refractivity contribution in [2.75, 3.05) is 21.1 Å². The molecule has 0 aromatic heterocycles. The number of halogens is 2. The van der Waals surface area contributed by atoms with Crippen LogP contribution in [0.5, 0.6) is 0 Å². The Bertz CT molecular complexity index is 689. The summed E-state index contributed by atoms with van der Waals surface area (Å²) in [6, 6.07) is 14.9. The zero-order valence-electron chi connectivity index (χ0n) is 14.9. The molecule has 25 heavy (non-hydrogen) atoms. The molecule has 0 saturated carbocycles. The third kappa shape index (κ3) is 7.39. The van der Waals surface area contributed by atoms with Crippen LogP contribution in [0.25, 0.3) is 0 Å². The summed E-state index contributed by atoms with van der Waals surface area (Å²) in [6.45, 7) is 2.11. The Morgan fingerprint density at radius 3 is 2.32 bits per heavy atom. The molecule has 0 atom stereocenters. The minimum absolute atomic E-state index is 0. The fraction of sp³-hybridized carbons (Fsp3) is 0.316. The van der Waals surface area contributed by atoms with Gasteiger partial charge in [0.1, 0.15) is 5.82 Å². The molecule has 0 fully saturated rings. The maximum absolute atomic E-state index is 13.2. The van der Waals surface area contributed by atoms with E-state index in [9.17, 15) is 4.39 Å². The van der Waals surface area contributed by atoms with Crippen molar-refractivity contribution in [2.45, 2.75) is 19.6 Å². The Balaban J connectivity index is 0.00000312. The van der Waals surface area contributed by atoms with Crippen LogP contribution in [-0.2, 0) is 19.6 Å². The molecule has 0 saturated heterocycles. The number of aliphatic imine (C=N–C) groups is 1. The van der Waals surface area contributed by atoms with E-state index in [-0.39, 0.29) is 29.8 Å². The van der Waals surface area contributed by atoms with Crippen molar-refractivity contribution in [1.82, 2.24) is 15.5 Å². The average Bonchev–Trinajstić information content (AvgIpc) is 2.56. The van der Waals surface area contributed by atoms with Crippen LogP contribution in [0.1, 0.15) is 16.7 Å². The van der Waals surface area contributed by atoms with Gasteiger partial charge in [-0.3, -0.25) is 4.99 Å². The van der Waals surface area contributed by atoms with Gasteiger partial charge in [-0.05, 0) is 42.9 Å². The summed E-state index contributed by atoms with van der Waals surface area (Å²) in [7, 11) is 5.85. The van der Waals surface area contributed by atoms with Crippen molar-refractivity contribution >= 4 is 29.9 Å². The summed E-state index contributed by atoms with van der Waals surface area (Å²) in [5, 5.41) is 6.52. The summed E-state index contributed by atoms with van der Waals surface area (Å²) in [5.74, 6) is 0.466. The van der Waals surface area contributed by atoms with Crippen LogP contribution in [-0.4, -0.2) is 32.0 Å². The number of hydrogen-bond acceptors (Lipinski definition) is 2. The number of guanidine groups is 1. The normalized spacial score (nSPS) is 11.2. The largest absolute Gasteiger partial charge is 0.352 e. The molecule has 0 radical (unpaired) electrons. The van der Waals surface area contributed by atoms with Crippen molar-refractivity contribution in [3.8, 4) is 0 Å². The monoisotopic (exact) mass is 456 g/mol. The molecule has 6 heteroatoms. The van der Waals surface area contributed by atoms with Crippen LogP contribution in [0.2, 0.25) is 0 Å². The Hall–Kier alpha value is -1.67. The first-order valence-electron chi connectivity index (χ1n) is 7.99. The van der Waals surface area contributed by atoms with Gasteiger partial charge >= 0.3 is 0 Å². The fourth-order valence-electron chi connectivity index (χ4n) is 2.46. The summed E-state index contributed by atoms with van der Waals surface area (Å²) < 4.78 is 13.2. The second-order valence-corrected chi connectivity index (χ2v) is 5.92. The average molecular weight is 456 g/mol. The molecular formula is C19H26FIN4. The highest BCUT2D eigenvalue weighted by molar-refractivity contribution is 14.0. The van der Waals surface area contributed by atoms with E-state index in [2.05, 4.69) is 52.8 Å². The van der Waals surface area contributed by atoms with E-state index < -0.39 is 0 Å². The number of benzene rings is 2. The van der Waals surface area contributed by atoms with Crippen LogP contribution >= 0.6 is 24.0 Å². The molecular weight excluding hydrogens is 430 g/mol. The van der Waals surface area contributed by atoms with Gasteiger partial charge in [-0.25, -0.2) is 4.39 Å². The van der Waals surface area contributed by atoms with Crippen LogP contribution in [0.4, 0.5) is 4.39 Å². The van der Waals surface area contributed by atoms with Crippen LogP contribution in [0, 0.1) is 5.82 Å². The molecule has 2 aromatic rings. The van der Waals surface area contributed by atoms with Crippen molar-refractivity contribution in [3.63, 3.8) is 0 Å². The lowest BCUT2D eigenvalue weighted by Gasteiger charge is -2.16. The maximum Gasteiger partial charge on any atom is 0.191 e. The minimum Gasteiger partial charge on any atom is -0.352 e. The quantitative estimate of drug-likeness (QED) is 0.398. The Morgan fingerprint density at radius 2 is 1.68 bits per heavy atom. The Kier molecular flexibility index (Phi) is 9.44. The third-order valence-electron chi connectivity index (χ3n) is 3.62. The van der Waals surface area contributed by atoms with Crippen LogP contribution in [0.3, 0.4) is 0 Å². The highest BCUT2D eigenvalue weighted by Gasteiger charge is 2.05. The van der Waals surface area contributed by atoms with Gasteiger partial charge < -0.3 is 15.5 Å². The lowest BCUT2D eigenvalue weighted by molar-refractivity contribution is 0.400. The van der Waals surface area contributed by atoms with E-state index >= 15 is 0 Å². The highest BCUT2D eigenvalue weighted by atomic mass is 127. The van der Waals surface area contributed by atoms with Gasteiger partial charge in [-0.2, -0.15) is 0 Å². The number of hydrogen-bond donors (Lipinski definition) is 2. The Morgan fingerprint density at radius 1 is 1.00 bits per heavy atom. The molecule has 4 nitrogen and oxygen atoms in total. The van der Waals surface area contributed by atoms with E-state index in [4.69, 9.17) is 0 Å². The van der Waals surface area contributed by atoms with Crippen LogP contribution < -0.4 is 10.6 Å². The predicted molar refractivity (Wildman–Crippen MR) is 113 cm³/mol. The van der Waals surface area contributed by atoms with Gasteiger partial charge in [-0.15, -0.1) is 24.0 Å². The Labute approximate surface area is 166 Å². The lowest BCUT2D eigenvalue weighted by Crippen LogP contribution is -2.36. The molecule has 0 heterocycles. The molecule has 0 bridgehead atoms. The zero-order valence-corrected chi connectivity index (χ0v) is 17.3. The van der Waals surface area contributed by atoms with Crippen molar-refractivity contribution in [1.29, 1.82) is 0 Å². The van der Waals surface area contributed by atoms with Crippen molar-refractivity contribution in [3.05, 3.63) is 71.0 Å². The summed E-state index contributed by atoms with van der Waals surface area (Å²) in [5.41, 5.74) is 3.40. The first-order chi connectivity index (χ1) is 11.6. The summed E-state index contributed by atoms with van der Waals surface area (Å²) >= 11 is 0. The van der Waals surface area contributed by atoms with E-state index in [1.54, 1.807) is 13.1 Å². The van der Waals surface area contributed by atoms with E-state index in [1.165, 1.54) is 23.3 Å². The highest BCUT2D eigenvalue weighted by Crippen LogP contribution is 2.10. The topological polar surface area (TPSA) is 39.7 Å². The van der Waals surface area contributed by atoms with E-state index in [0.717, 1.165) is 12.1 Å². The maximum atomic E-state index is 13.2. The van der Waals surface area contributed by atoms with Crippen LogP contribution in [0.15, 0.2) is 53.5 Å². The summed E-state index contributed by atoms with van der Waals surface area (Å²) in [6.07, 6.45) is 0. The molecule has 0 aliphatic carbocycles. The van der Waals surface area contributed by atoms with Crippen molar-refractivity contribution in [2.24, 2.45) is 4.99 Å². The molecule has 0 amide bonds. The molecule has 0 unspecified atom stereocenters. The number of nitrogens with one attached hydrogen (secondary N) is 2. The smallest absolute Gasteiger partial charge is 0.191 e. The molecule has 0 spiro atoms. The van der Waals surface area contributed by atoms with Gasteiger partial charge in [0.2, 0.25) is 0 Å². The second-order valence-electron chi connectivity index (χ2n) is 5.92. The minimum atomic E-state index is -0.227. The lowest BCUT2D eigenvalue weighted by atomic mass is 10.1. The van der Waals surface area contributed by atoms with E-state index in [1.807, 2.05) is 12.1 Å². The first-order valence-corrected chi connectivity index (χ1v) is 7.99. The molecule has 2 aromatic carbocycles. The SMILES string of the molecule is CN=C(NCc1cccc(F)c1)NCc1ccccc1CN(C)C.I. The molecule has 0 aliphatic heterocycles. The van der Waals surface area contributed by atoms with Gasteiger partial charge in [0, 0.05) is 26.7 Å². The van der Waals surface area contributed by atoms with Gasteiger partial charge in [0.15, 0.2) is 5.96 Å². The van der Waals surface area contributed by atoms with Gasteiger partial charge in [0.25, 0.3) is 0 Å². The first kappa shape index (κ1) is 21.4. The zero-order chi connectivity index (χ0) is 17.4. The van der Waals surface area contributed by atoms with Gasteiger partial charge in [0.05, 0.1) is 0 Å². The fourth-order valence-corrected chi connectivity index (χ4v) is 2.46. The molecule has 2 rings (SSSR count). The summed E-state index contributed by atoms with van der Waals surface area (Å²) in [4.78, 5) is 6.37. The molecule has 136 valence electrons. The predicted octanol–water partition coefficient (Wildman–Crippen LogP) is 3.37. The third-order valence-corrected chi connectivity index (χ3v) is 3.62. The number of nitrogens with zero attached hydrogens (tertiary/aromatic N) is 2. The standard InChI is InChI=1S/C19H25FN4.HI/c1-21-19(22-12-15-7-6-10-18(20)11-15)23-13-16-8-4-5-9-17(16)14-24(2)3;/h4-11H,12-14H2,1-3H3,(H2,21,22,23);1H.